The van der Waals surface area contributed by atoms with Crippen molar-refractivity contribution in [2.24, 2.45) is 0 Å². The Kier molecular flexibility index (Phi) is 2.52. The second-order valence-corrected chi connectivity index (χ2v) is 5.77. The molecule has 1 aromatic heterocycles. The zero-order chi connectivity index (χ0) is 12.8. The number of allylic oxidation sites excluding steroid dienone is 1. The van der Waals surface area contributed by atoms with Gasteiger partial charge in [0, 0.05) is 29.7 Å². The van der Waals surface area contributed by atoms with Crippen LogP contribution in [0.4, 0.5) is 0 Å². The molecule has 2 heteroatoms. The third-order valence-corrected chi connectivity index (χ3v) is 4.85. The number of para-hydroxylation sites is 1. The molecule has 0 spiro atoms. The van der Waals surface area contributed by atoms with Crippen LogP contribution in [-0.2, 0) is 6.42 Å². The van der Waals surface area contributed by atoms with Gasteiger partial charge in [-0.1, -0.05) is 29.8 Å². The number of fused-ring (bicyclic) bond motifs is 5. The molecule has 2 aromatic rings. The fourth-order valence-electron chi connectivity index (χ4n) is 3.77. The molecule has 98 valence electrons. The van der Waals surface area contributed by atoms with Gasteiger partial charge in [-0.05, 0) is 37.8 Å². The highest BCUT2D eigenvalue weighted by atomic mass is 15.2. The molecule has 1 aromatic carbocycles. The highest BCUT2D eigenvalue weighted by Gasteiger charge is 2.33. The van der Waals surface area contributed by atoms with Crippen molar-refractivity contribution in [3.63, 3.8) is 0 Å². The Morgan fingerprint density at radius 3 is 2.95 bits per heavy atom. The van der Waals surface area contributed by atoms with Crippen molar-refractivity contribution in [3.05, 3.63) is 47.2 Å². The Morgan fingerprint density at radius 2 is 2.05 bits per heavy atom. The lowest BCUT2D eigenvalue weighted by Gasteiger charge is -2.40. The van der Waals surface area contributed by atoms with Crippen LogP contribution >= 0.6 is 0 Å². The third-order valence-electron chi connectivity index (χ3n) is 4.85. The van der Waals surface area contributed by atoms with Crippen molar-refractivity contribution < 1.29 is 0 Å². The van der Waals surface area contributed by atoms with Crippen LogP contribution in [-0.4, -0.2) is 23.0 Å². The predicted octanol–water partition coefficient (Wildman–Crippen LogP) is 3.81. The fourth-order valence-corrected chi connectivity index (χ4v) is 3.77. The Balaban J connectivity index is 1.84. The van der Waals surface area contributed by atoms with Crippen molar-refractivity contribution in [2.45, 2.75) is 32.2 Å². The van der Waals surface area contributed by atoms with Gasteiger partial charge in [0.2, 0.25) is 0 Å². The molecule has 0 radical (unpaired) electrons. The average Bonchev–Trinajstić information content (AvgIpc) is 2.85. The lowest BCUT2D eigenvalue weighted by Crippen LogP contribution is -2.39. The normalized spacial score (nSPS) is 25.5. The molecule has 1 atom stereocenters. The van der Waals surface area contributed by atoms with Crippen LogP contribution in [0.5, 0.6) is 0 Å². The number of rotatable bonds is 0. The van der Waals surface area contributed by atoms with Gasteiger partial charge >= 0.3 is 0 Å². The summed E-state index contributed by atoms with van der Waals surface area (Å²) in [7, 11) is 0. The van der Waals surface area contributed by atoms with Crippen molar-refractivity contribution in [1.29, 1.82) is 0 Å². The molecular formula is C17H20N2. The van der Waals surface area contributed by atoms with Gasteiger partial charge in [-0.3, -0.25) is 4.90 Å². The number of aromatic amines is 1. The Morgan fingerprint density at radius 1 is 1.21 bits per heavy atom. The molecule has 19 heavy (non-hydrogen) atoms. The summed E-state index contributed by atoms with van der Waals surface area (Å²) in [6.45, 7) is 4.62. The summed E-state index contributed by atoms with van der Waals surface area (Å²) in [5.74, 6) is 0. The van der Waals surface area contributed by atoms with Crippen molar-refractivity contribution >= 4 is 10.9 Å². The van der Waals surface area contributed by atoms with Gasteiger partial charge in [-0.25, -0.2) is 0 Å². The first-order valence-corrected chi connectivity index (χ1v) is 7.34. The molecule has 0 aliphatic carbocycles. The lowest BCUT2D eigenvalue weighted by molar-refractivity contribution is 0.160. The van der Waals surface area contributed by atoms with Gasteiger partial charge in [0.05, 0.1) is 6.04 Å². The van der Waals surface area contributed by atoms with Crippen LogP contribution in [0.1, 0.15) is 37.1 Å². The first-order chi connectivity index (χ1) is 9.36. The number of benzene rings is 1. The molecule has 1 fully saturated rings. The number of nitrogens with zero attached hydrogens (tertiary/aromatic N) is 1. The van der Waals surface area contributed by atoms with E-state index in [-0.39, 0.29) is 0 Å². The van der Waals surface area contributed by atoms with E-state index in [9.17, 15) is 0 Å². The van der Waals surface area contributed by atoms with E-state index < -0.39 is 0 Å². The molecule has 1 saturated heterocycles. The Labute approximate surface area is 114 Å². The van der Waals surface area contributed by atoms with Crippen molar-refractivity contribution in [3.8, 4) is 0 Å². The van der Waals surface area contributed by atoms with Crippen LogP contribution < -0.4 is 0 Å². The smallest absolute Gasteiger partial charge is 0.0538 e. The van der Waals surface area contributed by atoms with Crippen LogP contribution in [0.25, 0.3) is 10.9 Å². The van der Waals surface area contributed by atoms with E-state index in [0.29, 0.717) is 6.04 Å². The Hall–Kier alpha value is -1.54. The molecule has 2 nitrogen and oxygen atoms in total. The van der Waals surface area contributed by atoms with Gasteiger partial charge in [0.25, 0.3) is 0 Å². The number of H-pyrrole nitrogens is 1. The summed E-state index contributed by atoms with van der Waals surface area (Å²) in [5.41, 5.74) is 5.97. The minimum Gasteiger partial charge on any atom is -0.357 e. The zero-order valence-electron chi connectivity index (χ0n) is 11.4. The van der Waals surface area contributed by atoms with E-state index in [2.05, 4.69) is 47.1 Å². The summed E-state index contributed by atoms with van der Waals surface area (Å²) in [5, 5.41) is 1.43. The molecule has 0 amide bonds. The molecule has 4 rings (SSSR count). The van der Waals surface area contributed by atoms with E-state index in [1.54, 1.807) is 11.1 Å². The van der Waals surface area contributed by atoms with Crippen molar-refractivity contribution in [2.75, 3.05) is 13.1 Å². The lowest BCUT2D eigenvalue weighted by atomic mass is 9.88. The second-order valence-electron chi connectivity index (χ2n) is 5.77. The molecule has 2 aliphatic heterocycles. The van der Waals surface area contributed by atoms with Crippen LogP contribution in [0.15, 0.2) is 35.9 Å². The minimum absolute atomic E-state index is 0.580. The highest BCUT2D eigenvalue weighted by Crippen LogP contribution is 2.40. The third kappa shape index (κ3) is 1.67. The van der Waals surface area contributed by atoms with E-state index >= 15 is 0 Å². The second kappa shape index (κ2) is 4.24. The molecule has 3 heterocycles. The Bertz CT molecular complexity index is 650. The van der Waals surface area contributed by atoms with Crippen LogP contribution in [0.2, 0.25) is 0 Å². The summed E-state index contributed by atoms with van der Waals surface area (Å²) in [6.07, 6.45) is 5.97. The van der Waals surface area contributed by atoms with Gasteiger partial charge < -0.3 is 4.98 Å². The number of hydrogen-bond acceptors (Lipinski definition) is 1. The van der Waals surface area contributed by atoms with Crippen LogP contribution in [0.3, 0.4) is 0 Å². The standard InChI is InChI=1S/C17H20N2/c1-2-12-7-9-19-10-8-14-13-5-3-4-6-15(13)18-17(14)16(19)11-12/h2-6,16,18H,7-11H2,1H3/b12-2-. The molecular weight excluding hydrogens is 232 g/mol. The summed E-state index contributed by atoms with van der Waals surface area (Å²) in [6, 6.07) is 9.33. The molecule has 0 bridgehead atoms. The van der Waals surface area contributed by atoms with Crippen molar-refractivity contribution in [1.82, 2.24) is 9.88 Å². The fraction of sp³-hybridized carbons (Fsp3) is 0.412. The maximum absolute atomic E-state index is 3.69. The molecule has 2 aliphatic rings. The SMILES string of the molecule is C/C=C1/CCN2CCc3c([nH]c4ccccc34)C2C1. The minimum atomic E-state index is 0.580. The first kappa shape index (κ1) is 11.3. The number of hydrogen-bond donors (Lipinski definition) is 1. The van der Waals surface area contributed by atoms with E-state index in [1.165, 1.54) is 48.9 Å². The topological polar surface area (TPSA) is 19.0 Å². The number of nitrogens with one attached hydrogen (secondary N) is 1. The maximum atomic E-state index is 3.69. The summed E-state index contributed by atoms with van der Waals surface area (Å²) < 4.78 is 0. The number of aromatic nitrogens is 1. The maximum Gasteiger partial charge on any atom is 0.0538 e. The highest BCUT2D eigenvalue weighted by molar-refractivity contribution is 5.85. The zero-order valence-corrected chi connectivity index (χ0v) is 11.4. The largest absolute Gasteiger partial charge is 0.357 e. The quantitative estimate of drug-likeness (QED) is 0.706. The van der Waals surface area contributed by atoms with Crippen LogP contribution in [0, 0.1) is 0 Å². The summed E-state index contributed by atoms with van der Waals surface area (Å²) >= 11 is 0. The molecule has 1 unspecified atom stereocenters. The van der Waals surface area contributed by atoms with Gasteiger partial charge in [0.1, 0.15) is 0 Å². The van der Waals surface area contributed by atoms with Gasteiger partial charge in [-0.15, -0.1) is 0 Å². The molecule has 0 saturated carbocycles. The number of piperidine rings is 1. The average molecular weight is 252 g/mol. The predicted molar refractivity (Wildman–Crippen MR) is 79.3 cm³/mol. The van der Waals surface area contributed by atoms with E-state index in [0.717, 1.165) is 0 Å². The first-order valence-electron chi connectivity index (χ1n) is 7.34. The monoisotopic (exact) mass is 252 g/mol. The summed E-state index contributed by atoms with van der Waals surface area (Å²) in [4.78, 5) is 6.35. The molecule has 1 N–H and O–H groups in total. The van der Waals surface area contributed by atoms with Gasteiger partial charge in [-0.2, -0.15) is 0 Å². The van der Waals surface area contributed by atoms with E-state index in [4.69, 9.17) is 0 Å². The van der Waals surface area contributed by atoms with Gasteiger partial charge in [0.15, 0.2) is 0 Å². The van der Waals surface area contributed by atoms with E-state index in [1.807, 2.05) is 0 Å².